The van der Waals surface area contributed by atoms with Crippen LogP contribution in [0.3, 0.4) is 0 Å². The van der Waals surface area contributed by atoms with E-state index in [4.69, 9.17) is 21.1 Å². The predicted octanol–water partition coefficient (Wildman–Crippen LogP) is 2.01. The van der Waals surface area contributed by atoms with Crippen LogP contribution in [0.5, 0.6) is 5.75 Å². The van der Waals surface area contributed by atoms with E-state index in [-0.39, 0.29) is 6.10 Å². The molecule has 1 saturated heterocycles. The number of hydrogen-bond acceptors (Lipinski definition) is 3. The van der Waals surface area contributed by atoms with E-state index >= 15 is 0 Å². The molecule has 1 aromatic rings. The first-order valence-electron chi connectivity index (χ1n) is 4.97. The Morgan fingerprint density at radius 2 is 2.40 bits per heavy atom. The monoisotopic (exact) mass is 227 g/mol. The molecule has 1 heterocycles. The zero-order valence-corrected chi connectivity index (χ0v) is 9.38. The zero-order valence-electron chi connectivity index (χ0n) is 8.63. The largest absolute Gasteiger partial charge is 0.497 e. The molecular formula is C11H14ClNO2. The van der Waals surface area contributed by atoms with Crippen molar-refractivity contribution in [1.29, 1.82) is 0 Å². The van der Waals surface area contributed by atoms with Crippen molar-refractivity contribution in [2.75, 3.05) is 26.8 Å². The van der Waals surface area contributed by atoms with Crippen LogP contribution in [0.4, 0.5) is 0 Å². The van der Waals surface area contributed by atoms with Crippen molar-refractivity contribution in [2.24, 2.45) is 0 Å². The molecule has 15 heavy (non-hydrogen) atoms. The van der Waals surface area contributed by atoms with Gasteiger partial charge in [-0.05, 0) is 12.1 Å². The smallest absolute Gasteiger partial charge is 0.120 e. The zero-order chi connectivity index (χ0) is 10.7. The molecule has 1 aliphatic heterocycles. The minimum atomic E-state index is 0.0529. The molecule has 0 aliphatic carbocycles. The SMILES string of the molecule is COc1ccc([C@H]2CNCCO2)c(Cl)c1. The summed E-state index contributed by atoms with van der Waals surface area (Å²) in [7, 11) is 1.63. The number of rotatable bonds is 2. The van der Waals surface area contributed by atoms with E-state index in [1.807, 2.05) is 18.2 Å². The molecule has 1 atom stereocenters. The number of ether oxygens (including phenoxy) is 2. The fraction of sp³-hybridized carbons (Fsp3) is 0.455. The Labute approximate surface area is 94.3 Å². The Kier molecular flexibility index (Phi) is 3.46. The van der Waals surface area contributed by atoms with Crippen LogP contribution in [0.25, 0.3) is 0 Å². The fourth-order valence-corrected chi connectivity index (χ4v) is 1.95. The van der Waals surface area contributed by atoms with Gasteiger partial charge in [0.2, 0.25) is 0 Å². The molecule has 2 rings (SSSR count). The van der Waals surface area contributed by atoms with Crippen LogP contribution in [-0.4, -0.2) is 26.8 Å². The summed E-state index contributed by atoms with van der Waals surface area (Å²) < 4.78 is 10.7. The van der Waals surface area contributed by atoms with Gasteiger partial charge in [0.15, 0.2) is 0 Å². The maximum atomic E-state index is 6.15. The molecule has 0 unspecified atom stereocenters. The van der Waals surface area contributed by atoms with Crippen LogP contribution in [0, 0.1) is 0 Å². The Morgan fingerprint density at radius 1 is 1.53 bits per heavy atom. The lowest BCUT2D eigenvalue weighted by molar-refractivity contribution is 0.0277. The summed E-state index contributed by atoms with van der Waals surface area (Å²) in [5.41, 5.74) is 1.02. The molecule has 0 amide bonds. The first kappa shape index (κ1) is 10.7. The molecule has 4 heteroatoms. The van der Waals surface area contributed by atoms with Crippen molar-refractivity contribution >= 4 is 11.6 Å². The second-order valence-electron chi connectivity index (χ2n) is 3.45. The standard InChI is InChI=1S/C11H14ClNO2/c1-14-8-2-3-9(10(12)6-8)11-7-13-4-5-15-11/h2-3,6,11,13H,4-5,7H2,1H3/t11-/m1/s1. The summed E-state index contributed by atoms with van der Waals surface area (Å²) in [5.74, 6) is 0.771. The molecule has 0 aromatic heterocycles. The van der Waals surface area contributed by atoms with Crippen molar-refractivity contribution in [3.63, 3.8) is 0 Å². The first-order chi connectivity index (χ1) is 7.31. The van der Waals surface area contributed by atoms with Gasteiger partial charge in [-0.3, -0.25) is 0 Å². The van der Waals surface area contributed by atoms with Crippen LogP contribution in [0.1, 0.15) is 11.7 Å². The molecular weight excluding hydrogens is 214 g/mol. The van der Waals surface area contributed by atoms with Crippen LogP contribution >= 0.6 is 11.6 Å². The molecule has 0 radical (unpaired) electrons. The fourth-order valence-electron chi connectivity index (χ4n) is 1.66. The number of methoxy groups -OCH3 is 1. The van der Waals surface area contributed by atoms with Crippen LogP contribution in [-0.2, 0) is 4.74 Å². The molecule has 0 spiro atoms. The third-order valence-corrected chi connectivity index (χ3v) is 2.81. The molecule has 3 nitrogen and oxygen atoms in total. The van der Waals surface area contributed by atoms with E-state index in [0.29, 0.717) is 5.02 Å². The van der Waals surface area contributed by atoms with Crippen molar-refractivity contribution in [3.8, 4) is 5.75 Å². The second kappa shape index (κ2) is 4.84. The summed E-state index contributed by atoms with van der Waals surface area (Å²) in [6.07, 6.45) is 0.0529. The van der Waals surface area contributed by atoms with Gasteiger partial charge < -0.3 is 14.8 Å². The van der Waals surface area contributed by atoms with Crippen molar-refractivity contribution < 1.29 is 9.47 Å². The number of hydrogen-bond donors (Lipinski definition) is 1. The maximum Gasteiger partial charge on any atom is 0.120 e. The molecule has 1 aromatic carbocycles. The van der Waals surface area contributed by atoms with E-state index in [1.54, 1.807) is 7.11 Å². The normalized spacial score (nSPS) is 21.3. The van der Waals surface area contributed by atoms with Gasteiger partial charge in [0.25, 0.3) is 0 Å². The quantitative estimate of drug-likeness (QED) is 0.839. The lowest BCUT2D eigenvalue weighted by Crippen LogP contribution is -2.33. The van der Waals surface area contributed by atoms with Gasteiger partial charge >= 0.3 is 0 Å². The van der Waals surface area contributed by atoms with Gasteiger partial charge in [0.1, 0.15) is 5.75 Å². The average molecular weight is 228 g/mol. The highest BCUT2D eigenvalue weighted by Gasteiger charge is 2.18. The van der Waals surface area contributed by atoms with E-state index < -0.39 is 0 Å². The van der Waals surface area contributed by atoms with E-state index in [2.05, 4.69) is 5.32 Å². The van der Waals surface area contributed by atoms with Gasteiger partial charge in [-0.15, -0.1) is 0 Å². The number of nitrogens with one attached hydrogen (secondary N) is 1. The summed E-state index contributed by atoms with van der Waals surface area (Å²) in [5, 5.41) is 3.97. The van der Waals surface area contributed by atoms with Crippen molar-refractivity contribution in [1.82, 2.24) is 5.32 Å². The highest BCUT2D eigenvalue weighted by Crippen LogP contribution is 2.29. The molecule has 1 N–H and O–H groups in total. The topological polar surface area (TPSA) is 30.5 Å². The third-order valence-electron chi connectivity index (χ3n) is 2.48. The van der Waals surface area contributed by atoms with Crippen LogP contribution in [0.15, 0.2) is 18.2 Å². The molecule has 82 valence electrons. The van der Waals surface area contributed by atoms with Crippen molar-refractivity contribution in [3.05, 3.63) is 28.8 Å². The lowest BCUT2D eigenvalue weighted by atomic mass is 10.1. The first-order valence-corrected chi connectivity index (χ1v) is 5.35. The van der Waals surface area contributed by atoms with Gasteiger partial charge in [-0.25, -0.2) is 0 Å². The van der Waals surface area contributed by atoms with Crippen LogP contribution in [0.2, 0.25) is 5.02 Å². The number of halogens is 1. The molecule has 1 aliphatic rings. The Balaban J connectivity index is 2.19. The average Bonchev–Trinajstić information content (AvgIpc) is 2.30. The Bertz CT molecular complexity index is 337. The van der Waals surface area contributed by atoms with E-state index in [1.165, 1.54) is 0 Å². The van der Waals surface area contributed by atoms with Gasteiger partial charge in [-0.1, -0.05) is 17.7 Å². The molecule has 0 saturated carbocycles. The molecule has 1 fully saturated rings. The lowest BCUT2D eigenvalue weighted by Gasteiger charge is -2.24. The summed E-state index contributed by atoms with van der Waals surface area (Å²) >= 11 is 6.15. The highest BCUT2D eigenvalue weighted by molar-refractivity contribution is 6.31. The third kappa shape index (κ3) is 2.43. The highest BCUT2D eigenvalue weighted by atomic mass is 35.5. The minimum Gasteiger partial charge on any atom is -0.497 e. The van der Waals surface area contributed by atoms with Crippen molar-refractivity contribution in [2.45, 2.75) is 6.10 Å². The Morgan fingerprint density at radius 3 is 3.00 bits per heavy atom. The van der Waals surface area contributed by atoms with Gasteiger partial charge in [0, 0.05) is 18.7 Å². The predicted molar refractivity (Wildman–Crippen MR) is 59.6 cm³/mol. The second-order valence-corrected chi connectivity index (χ2v) is 3.86. The Hall–Kier alpha value is -0.770. The van der Waals surface area contributed by atoms with Gasteiger partial charge in [-0.2, -0.15) is 0 Å². The van der Waals surface area contributed by atoms with E-state index in [9.17, 15) is 0 Å². The summed E-state index contributed by atoms with van der Waals surface area (Å²) in [4.78, 5) is 0. The molecule has 0 bridgehead atoms. The minimum absolute atomic E-state index is 0.0529. The van der Waals surface area contributed by atoms with E-state index in [0.717, 1.165) is 31.0 Å². The summed E-state index contributed by atoms with van der Waals surface area (Å²) in [6.45, 7) is 2.45. The summed E-state index contributed by atoms with van der Waals surface area (Å²) in [6, 6.07) is 5.67. The number of benzene rings is 1. The number of morpholine rings is 1. The maximum absolute atomic E-state index is 6.15. The van der Waals surface area contributed by atoms with Crippen LogP contribution < -0.4 is 10.1 Å². The van der Waals surface area contributed by atoms with Gasteiger partial charge in [0.05, 0.1) is 24.8 Å².